The molecular weight excluding hydrogens is 472 g/mol. The first-order chi connectivity index (χ1) is 17.8. The zero-order valence-electron chi connectivity index (χ0n) is 20.6. The minimum atomic E-state index is -1.03. The third-order valence-corrected chi connectivity index (χ3v) is 6.00. The number of rotatable bonds is 9. The Balaban J connectivity index is 1.68. The molecule has 0 bridgehead atoms. The molecule has 0 spiro atoms. The second-order valence-electron chi connectivity index (χ2n) is 8.16. The normalized spacial score (nSPS) is 10.5. The molecule has 0 aliphatic heterocycles. The number of carboxylic acid groups (broad SMARTS) is 2. The molecule has 0 radical (unpaired) electrons. The van der Waals surface area contributed by atoms with Crippen molar-refractivity contribution in [2.24, 2.45) is 0 Å². The molecule has 4 aromatic rings. The quantitative estimate of drug-likeness (QED) is 0.247. The number of ether oxygens (including phenoxy) is 2. The summed E-state index contributed by atoms with van der Waals surface area (Å²) in [4.78, 5) is 25.0. The van der Waals surface area contributed by atoms with Crippen LogP contribution in [0.1, 0.15) is 20.7 Å². The predicted octanol–water partition coefficient (Wildman–Crippen LogP) is 6.28. The Morgan fingerprint density at radius 1 is 0.676 bits per heavy atom. The monoisotopic (exact) mass is 498 g/mol. The second kappa shape index (κ2) is 10.7. The van der Waals surface area contributed by atoms with Crippen LogP contribution in [0.2, 0.25) is 0 Å². The number of methoxy groups -OCH3 is 2. The highest BCUT2D eigenvalue weighted by Gasteiger charge is 2.18. The van der Waals surface area contributed by atoms with Crippen molar-refractivity contribution >= 4 is 34.7 Å². The van der Waals surface area contributed by atoms with Crippen LogP contribution in [-0.2, 0) is 0 Å². The first kappa shape index (κ1) is 25.1. The van der Waals surface area contributed by atoms with Crippen molar-refractivity contribution in [3.05, 3.63) is 96.1 Å². The third-order valence-electron chi connectivity index (χ3n) is 6.00. The van der Waals surface area contributed by atoms with Gasteiger partial charge in [-0.15, -0.1) is 0 Å². The van der Waals surface area contributed by atoms with E-state index in [4.69, 9.17) is 9.47 Å². The van der Waals surface area contributed by atoms with Gasteiger partial charge in [-0.3, -0.25) is 0 Å². The molecule has 0 unspecified atom stereocenters. The number of nitrogens with one attached hydrogen (secondary N) is 1. The lowest BCUT2D eigenvalue weighted by molar-refractivity contribution is 0.0687. The largest absolute Gasteiger partial charge is 0.495 e. The van der Waals surface area contributed by atoms with Gasteiger partial charge in [0, 0.05) is 7.05 Å². The van der Waals surface area contributed by atoms with Gasteiger partial charge in [0.1, 0.15) is 11.5 Å². The number of hydrogen-bond donors (Lipinski definition) is 3. The number of anilines is 4. The van der Waals surface area contributed by atoms with Crippen LogP contribution in [0, 0.1) is 0 Å². The summed E-state index contributed by atoms with van der Waals surface area (Å²) in [6.07, 6.45) is 0. The Kier molecular flexibility index (Phi) is 7.29. The zero-order valence-corrected chi connectivity index (χ0v) is 20.6. The summed E-state index contributed by atoms with van der Waals surface area (Å²) in [5, 5.41) is 22.2. The van der Waals surface area contributed by atoms with Gasteiger partial charge >= 0.3 is 11.9 Å². The summed E-state index contributed by atoms with van der Waals surface area (Å²) in [7, 11) is 4.90. The second-order valence-corrected chi connectivity index (χ2v) is 8.16. The van der Waals surface area contributed by atoms with E-state index in [1.54, 1.807) is 68.6 Å². The minimum absolute atomic E-state index is 0.155. The number of benzene rings is 4. The van der Waals surface area contributed by atoms with Crippen LogP contribution < -0.4 is 19.7 Å². The van der Waals surface area contributed by atoms with E-state index in [0.29, 0.717) is 34.2 Å². The maximum Gasteiger partial charge on any atom is 0.337 e. The summed E-state index contributed by atoms with van der Waals surface area (Å²) in [5.41, 5.74) is 4.38. The molecule has 0 heterocycles. The van der Waals surface area contributed by atoms with Crippen LogP contribution in [0.3, 0.4) is 0 Å². The molecule has 0 aliphatic carbocycles. The molecule has 0 aliphatic rings. The highest BCUT2D eigenvalue weighted by atomic mass is 16.5. The topological polar surface area (TPSA) is 108 Å². The first-order valence-electron chi connectivity index (χ1n) is 11.4. The van der Waals surface area contributed by atoms with E-state index in [-0.39, 0.29) is 11.1 Å². The number of hydrogen-bond acceptors (Lipinski definition) is 6. The Hall–Kier alpha value is -4.98. The Morgan fingerprint density at radius 3 is 1.89 bits per heavy atom. The van der Waals surface area contributed by atoms with Crippen molar-refractivity contribution in [1.82, 2.24) is 0 Å². The van der Waals surface area contributed by atoms with Gasteiger partial charge in [-0.25, -0.2) is 9.59 Å². The first-order valence-corrected chi connectivity index (χ1v) is 11.4. The van der Waals surface area contributed by atoms with Gasteiger partial charge in [0.2, 0.25) is 0 Å². The molecule has 4 aromatic carbocycles. The zero-order chi connectivity index (χ0) is 26.5. The number of para-hydroxylation sites is 2. The number of carboxylic acids is 2. The Labute approximate surface area is 214 Å². The van der Waals surface area contributed by atoms with E-state index in [0.717, 1.165) is 11.1 Å². The molecule has 0 saturated heterocycles. The lowest BCUT2D eigenvalue weighted by Crippen LogP contribution is -2.14. The molecule has 0 fully saturated rings. The fraction of sp³-hybridized carbons (Fsp3) is 0.103. The molecular formula is C29H26N2O6. The lowest BCUT2D eigenvalue weighted by atomic mass is 10.0. The van der Waals surface area contributed by atoms with Crippen LogP contribution in [0.4, 0.5) is 22.7 Å². The fourth-order valence-corrected chi connectivity index (χ4v) is 4.11. The van der Waals surface area contributed by atoms with E-state index in [9.17, 15) is 19.8 Å². The summed E-state index contributed by atoms with van der Waals surface area (Å²) in [6.45, 7) is 0. The van der Waals surface area contributed by atoms with Gasteiger partial charge in [-0.05, 0) is 59.7 Å². The SMILES string of the molecule is COc1cc(-c2ccc(N(C)c3ccccc3C(=O)O)c(OC)c2)ccc1Nc1ccccc1C(=O)O. The fourth-order valence-electron chi connectivity index (χ4n) is 4.11. The molecule has 8 heteroatoms. The molecule has 4 rings (SSSR count). The Morgan fingerprint density at radius 2 is 1.24 bits per heavy atom. The third kappa shape index (κ3) is 5.18. The van der Waals surface area contributed by atoms with E-state index in [2.05, 4.69) is 5.32 Å². The average molecular weight is 499 g/mol. The average Bonchev–Trinajstić information content (AvgIpc) is 2.92. The molecule has 8 nitrogen and oxygen atoms in total. The smallest absolute Gasteiger partial charge is 0.337 e. The van der Waals surface area contributed by atoms with Gasteiger partial charge < -0.3 is 29.9 Å². The molecule has 0 saturated carbocycles. The molecule has 0 amide bonds. The van der Waals surface area contributed by atoms with Gasteiger partial charge in [0.25, 0.3) is 0 Å². The highest BCUT2D eigenvalue weighted by molar-refractivity contribution is 5.96. The minimum Gasteiger partial charge on any atom is -0.495 e. The predicted molar refractivity (Wildman–Crippen MR) is 143 cm³/mol. The summed E-state index contributed by atoms with van der Waals surface area (Å²) in [6, 6.07) is 24.7. The van der Waals surface area contributed by atoms with Gasteiger partial charge in [-0.1, -0.05) is 36.4 Å². The van der Waals surface area contributed by atoms with Crippen molar-refractivity contribution < 1.29 is 29.3 Å². The van der Waals surface area contributed by atoms with Crippen LogP contribution in [-0.4, -0.2) is 43.4 Å². The van der Waals surface area contributed by atoms with E-state index in [1.807, 2.05) is 36.4 Å². The van der Waals surface area contributed by atoms with Crippen molar-refractivity contribution in [2.75, 3.05) is 31.5 Å². The maximum atomic E-state index is 11.7. The van der Waals surface area contributed by atoms with Gasteiger partial charge in [0.05, 0.1) is 48.1 Å². The molecule has 37 heavy (non-hydrogen) atoms. The molecule has 0 aromatic heterocycles. The highest BCUT2D eigenvalue weighted by Crippen LogP contribution is 2.39. The van der Waals surface area contributed by atoms with Gasteiger partial charge in [-0.2, -0.15) is 0 Å². The summed E-state index contributed by atoms with van der Waals surface area (Å²) in [5.74, 6) is -0.934. The molecule has 188 valence electrons. The molecule has 0 atom stereocenters. The van der Waals surface area contributed by atoms with E-state index in [1.165, 1.54) is 6.07 Å². The number of carbonyl (C=O) groups is 2. The van der Waals surface area contributed by atoms with E-state index >= 15 is 0 Å². The maximum absolute atomic E-state index is 11.7. The van der Waals surface area contributed by atoms with Crippen molar-refractivity contribution in [2.45, 2.75) is 0 Å². The van der Waals surface area contributed by atoms with Crippen LogP contribution in [0.25, 0.3) is 11.1 Å². The van der Waals surface area contributed by atoms with Crippen LogP contribution in [0.5, 0.6) is 11.5 Å². The number of nitrogens with zero attached hydrogens (tertiary/aromatic N) is 1. The number of aromatic carboxylic acids is 2. The van der Waals surface area contributed by atoms with Crippen molar-refractivity contribution in [1.29, 1.82) is 0 Å². The van der Waals surface area contributed by atoms with Crippen molar-refractivity contribution in [3.8, 4) is 22.6 Å². The Bertz CT molecular complexity index is 1470. The lowest BCUT2D eigenvalue weighted by Gasteiger charge is -2.24. The summed E-state index contributed by atoms with van der Waals surface area (Å²) < 4.78 is 11.2. The van der Waals surface area contributed by atoms with Crippen molar-refractivity contribution in [3.63, 3.8) is 0 Å². The summed E-state index contributed by atoms with van der Waals surface area (Å²) >= 11 is 0. The molecule has 3 N–H and O–H groups in total. The van der Waals surface area contributed by atoms with Crippen LogP contribution in [0.15, 0.2) is 84.9 Å². The van der Waals surface area contributed by atoms with Gasteiger partial charge in [0.15, 0.2) is 0 Å². The van der Waals surface area contributed by atoms with Crippen LogP contribution >= 0.6 is 0 Å². The van der Waals surface area contributed by atoms with E-state index < -0.39 is 11.9 Å². The standard InChI is InChI=1S/C29H26N2O6/c1-31(24-11-7-5-9-21(24)29(34)35)25-15-13-19(17-27(25)37-3)18-12-14-23(26(16-18)36-2)30-22-10-6-4-8-20(22)28(32)33/h4-17,30H,1-3H3,(H,32,33)(H,34,35).